The maximum absolute atomic E-state index is 13.6. The number of hydrogen-bond acceptors (Lipinski definition) is 19. The molecular weight excluding hydrogens is 1010 g/mol. The predicted octanol–water partition coefficient (Wildman–Crippen LogP) is 4.93. The van der Waals surface area contributed by atoms with Gasteiger partial charge in [-0.25, -0.2) is 35.9 Å². The quantitative estimate of drug-likeness (QED) is 0.0664. The van der Waals surface area contributed by atoms with Crippen molar-refractivity contribution in [2.75, 3.05) is 26.4 Å². The van der Waals surface area contributed by atoms with Crippen molar-refractivity contribution in [1.29, 1.82) is 0 Å². The van der Waals surface area contributed by atoms with Crippen molar-refractivity contribution in [3.8, 4) is 11.5 Å². The minimum atomic E-state index is -3.48. The maximum Gasteiger partial charge on any atom is 0.342 e. The van der Waals surface area contributed by atoms with Gasteiger partial charge in [-0.3, -0.25) is 0 Å². The number of phenols is 1. The van der Waals surface area contributed by atoms with Crippen LogP contribution in [0.4, 0.5) is 0 Å². The molecular formula is C51H66N2O19S2. The molecule has 21 nitrogen and oxygen atoms in total. The third kappa shape index (κ3) is 14.9. The topological polar surface area (TPSA) is 309 Å². The predicted molar refractivity (Wildman–Crippen MR) is 271 cm³/mol. The van der Waals surface area contributed by atoms with E-state index in [1.807, 2.05) is 13.0 Å². The second kappa shape index (κ2) is 24.0. The molecule has 3 aliphatic rings. The third-order valence-electron chi connectivity index (χ3n) is 12.4. The first-order chi connectivity index (χ1) is 34.6. The number of ether oxygens (including phenoxy) is 6. The number of methoxy groups -OCH3 is 1. The van der Waals surface area contributed by atoms with Crippen LogP contribution in [0.2, 0.25) is 0 Å². The standard InChI is InChI=1S/C28H37NO10S.C23H29NO9S/c1-16-10-11-21(30)26-22(38-28(3,4)39-26)9-7-8-19-20-12-18(14-29-40(6,32)33)37-23(20)13-24(35-15-34-5)25(19)27(31)36-17(16)2;1-12-7-8-18(26)22(28)17(25)6-4-5-15-16-9-14(11-24-34(3,30)31)33-20(16)10-19(27)21(15)23(29)32-13(12)2/h7-8,10-13,16-17,21-22,26,29-30H,9,14-15H2,1-6H3;4-5,7-10,12-13,17-18,22,24-28H,6,11H2,1-3H3/b8-7?,11-10-;5-4+,8-7-/t16-,17+,21?,22+,26-;12-,13+,17+,18?,22+/m11/s1. The largest absolute Gasteiger partial charge is 0.507 e. The molecule has 7 rings (SSSR count). The van der Waals surface area contributed by atoms with Crippen molar-refractivity contribution in [2.24, 2.45) is 11.8 Å². The second-order valence-corrected chi connectivity index (χ2v) is 22.7. The highest BCUT2D eigenvalue weighted by atomic mass is 32.2. The Labute approximate surface area is 429 Å². The molecule has 1 saturated heterocycles. The number of aliphatic hydroxyl groups excluding tert-OH is 4. The number of aliphatic hydroxyl groups is 4. The number of phenolic OH excluding ortho intramolecular Hbond substituents is 1. The number of carbonyl (C=O) groups is 2. The molecule has 0 bridgehead atoms. The van der Waals surface area contributed by atoms with Crippen LogP contribution in [0.1, 0.15) is 97.7 Å². The number of cyclic esters (lactones) is 2. The highest BCUT2D eigenvalue weighted by molar-refractivity contribution is 7.88. The van der Waals surface area contributed by atoms with E-state index < -0.39 is 92.4 Å². The highest BCUT2D eigenvalue weighted by Crippen LogP contribution is 2.39. The number of hydrogen-bond donors (Lipinski definition) is 7. The Kier molecular flexibility index (Phi) is 18.8. The van der Waals surface area contributed by atoms with E-state index in [0.29, 0.717) is 34.1 Å². The van der Waals surface area contributed by atoms with Gasteiger partial charge >= 0.3 is 11.9 Å². The van der Waals surface area contributed by atoms with Crippen molar-refractivity contribution >= 4 is 66.1 Å². The average molecular weight is 1080 g/mol. The summed E-state index contributed by atoms with van der Waals surface area (Å²) >= 11 is 0. The van der Waals surface area contributed by atoms with E-state index in [2.05, 4.69) is 9.44 Å². The minimum Gasteiger partial charge on any atom is -0.507 e. The number of carbonyl (C=O) groups excluding carboxylic acids is 2. The first-order valence-electron chi connectivity index (χ1n) is 23.7. The lowest BCUT2D eigenvalue weighted by Crippen LogP contribution is -2.36. The van der Waals surface area contributed by atoms with Crippen LogP contribution in [0.25, 0.3) is 34.1 Å². The number of benzene rings is 2. The minimum absolute atomic E-state index is 0.0655. The first kappa shape index (κ1) is 57.8. The summed E-state index contributed by atoms with van der Waals surface area (Å²) in [6.07, 6.45) is 7.98. The lowest BCUT2D eigenvalue weighted by atomic mass is 9.97. The Balaban J connectivity index is 0.000000244. The molecule has 0 saturated carbocycles. The Hall–Kier alpha value is -5.44. The normalized spacial score (nSPS) is 28.3. The van der Waals surface area contributed by atoms with E-state index in [-0.39, 0.29) is 71.9 Å². The average Bonchev–Trinajstić information content (AvgIpc) is 4.02. The molecule has 406 valence electrons. The maximum atomic E-state index is 13.6. The Morgan fingerprint density at radius 2 is 1.19 bits per heavy atom. The molecule has 0 spiro atoms. The summed E-state index contributed by atoms with van der Waals surface area (Å²) in [5.41, 5.74) is 1.34. The van der Waals surface area contributed by atoms with Gasteiger partial charge < -0.3 is 62.8 Å². The fourth-order valence-corrected chi connectivity index (χ4v) is 9.01. The molecule has 2 unspecified atom stereocenters. The summed E-state index contributed by atoms with van der Waals surface area (Å²) < 4.78 is 96.8. The molecule has 0 radical (unpaired) electrons. The van der Waals surface area contributed by atoms with Crippen LogP contribution in [0.15, 0.2) is 69.6 Å². The fourth-order valence-electron chi connectivity index (χ4n) is 8.20. The van der Waals surface area contributed by atoms with Gasteiger partial charge in [0.05, 0.1) is 37.8 Å². The zero-order valence-electron chi connectivity index (χ0n) is 42.5. The van der Waals surface area contributed by atoms with Crippen molar-refractivity contribution in [2.45, 2.75) is 122 Å². The highest BCUT2D eigenvalue weighted by Gasteiger charge is 2.44. The van der Waals surface area contributed by atoms with Crippen molar-refractivity contribution in [3.63, 3.8) is 0 Å². The van der Waals surface area contributed by atoms with Gasteiger partial charge in [-0.15, -0.1) is 0 Å². The molecule has 2 aromatic carbocycles. The molecule has 3 aliphatic heterocycles. The number of esters is 2. The molecule has 1 fully saturated rings. The third-order valence-corrected chi connectivity index (χ3v) is 13.8. The van der Waals surface area contributed by atoms with Gasteiger partial charge in [-0.2, -0.15) is 0 Å². The van der Waals surface area contributed by atoms with Crippen LogP contribution >= 0.6 is 0 Å². The van der Waals surface area contributed by atoms with E-state index in [1.165, 1.54) is 37.5 Å². The van der Waals surface area contributed by atoms with Crippen LogP contribution in [-0.4, -0.2) is 135 Å². The fraction of sp³-hybridized carbons (Fsp3) is 0.490. The van der Waals surface area contributed by atoms with Crippen molar-refractivity contribution < 1.29 is 89.2 Å². The zero-order valence-corrected chi connectivity index (χ0v) is 44.1. The monoisotopic (exact) mass is 1070 g/mol. The molecule has 10 atom stereocenters. The zero-order chi connectivity index (χ0) is 54.4. The molecule has 5 heterocycles. The van der Waals surface area contributed by atoms with Crippen LogP contribution in [-0.2, 0) is 56.8 Å². The molecule has 0 aliphatic carbocycles. The van der Waals surface area contributed by atoms with Gasteiger partial charge in [-0.05, 0) is 52.7 Å². The summed E-state index contributed by atoms with van der Waals surface area (Å²) in [6.45, 7) is 10.3. The summed E-state index contributed by atoms with van der Waals surface area (Å²) in [6, 6.07) is 6.02. The molecule has 7 N–H and O–H groups in total. The van der Waals surface area contributed by atoms with Crippen molar-refractivity contribution in [3.05, 3.63) is 94.5 Å². The lowest BCUT2D eigenvalue weighted by Gasteiger charge is -2.23. The molecule has 4 aromatic rings. The molecule has 2 aromatic heterocycles. The Morgan fingerprint density at radius 3 is 1.73 bits per heavy atom. The number of fused-ring (bicyclic) bond motifs is 7. The van der Waals surface area contributed by atoms with E-state index in [1.54, 1.807) is 71.1 Å². The van der Waals surface area contributed by atoms with E-state index >= 15 is 0 Å². The van der Waals surface area contributed by atoms with Gasteiger partial charge in [0.1, 0.15) is 81.9 Å². The van der Waals surface area contributed by atoms with E-state index in [9.17, 15) is 52.0 Å². The molecule has 0 amide bonds. The van der Waals surface area contributed by atoms with Crippen molar-refractivity contribution in [1.82, 2.24) is 9.44 Å². The van der Waals surface area contributed by atoms with Gasteiger partial charge in [0, 0.05) is 53.0 Å². The molecule has 23 heteroatoms. The van der Waals surface area contributed by atoms with Crippen LogP contribution < -0.4 is 14.2 Å². The lowest BCUT2D eigenvalue weighted by molar-refractivity contribution is -0.152. The van der Waals surface area contributed by atoms with Crippen LogP contribution in [0.5, 0.6) is 11.5 Å². The number of aromatic hydroxyl groups is 1. The summed E-state index contributed by atoms with van der Waals surface area (Å²) in [5.74, 6) is -2.49. The summed E-state index contributed by atoms with van der Waals surface area (Å²) in [5, 5.41) is 53.1. The van der Waals surface area contributed by atoms with Crippen LogP contribution in [0.3, 0.4) is 0 Å². The Bertz CT molecular complexity index is 3010. The first-order valence-corrected chi connectivity index (χ1v) is 27.5. The summed E-state index contributed by atoms with van der Waals surface area (Å²) in [4.78, 5) is 26.7. The number of rotatable bonds is 9. The molecule has 74 heavy (non-hydrogen) atoms. The van der Waals surface area contributed by atoms with Crippen LogP contribution in [0, 0.1) is 11.8 Å². The van der Waals surface area contributed by atoms with Gasteiger partial charge in [0.25, 0.3) is 0 Å². The summed E-state index contributed by atoms with van der Waals surface area (Å²) in [7, 11) is -5.48. The second-order valence-electron chi connectivity index (χ2n) is 19.0. The van der Waals surface area contributed by atoms with E-state index in [0.717, 1.165) is 12.5 Å². The number of nitrogens with one attached hydrogen (secondary N) is 2. The van der Waals surface area contributed by atoms with Gasteiger partial charge in [0.2, 0.25) is 20.0 Å². The SMILES string of the molecule is COCOc1cc2oc(CNS(C)(=O)=O)cc2c2c1C(=O)O[C@@H](C)[C@H](C)/C=C\C(O)[C@H]1OC(C)(C)O[C@H]1CC=C2.C[C@@H]1/C=C\C(O)[C@@H](O)[C@@H](O)C/C=C/c2c(c(O)cc3oc(CNS(C)(=O)=O)cc23)C(=O)O[C@H]1C. The smallest absolute Gasteiger partial charge is 0.342 e. The Morgan fingerprint density at radius 1 is 0.689 bits per heavy atom. The van der Waals surface area contributed by atoms with Gasteiger partial charge in [0.15, 0.2) is 12.6 Å². The van der Waals surface area contributed by atoms with E-state index in [4.69, 9.17) is 37.3 Å². The van der Waals surface area contributed by atoms with Gasteiger partial charge in [-0.1, -0.05) is 62.5 Å². The number of sulfonamides is 2. The number of furan rings is 2.